The van der Waals surface area contributed by atoms with Crippen LogP contribution in [0.25, 0.3) is 11.1 Å². The smallest absolute Gasteiger partial charge is 0.307 e. The van der Waals surface area contributed by atoms with Gasteiger partial charge in [-0.1, -0.05) is 57.3 Å². The summed E-state index contributed by atoms with van der Waals surface area (Å²) in [7, 11) is 0. The lowest BCUT2D eigenvalue weighted by atomic mass is 10.0. The largest absolute Gasteiger partial charge is 0.481 e. The number of hydrogen-bond acceptors (Lipinski definition) is 2. The minimum absolute atomic E-state index is 0.182. The SMILES string of the molecule is O=C(O)Cc1cc(-c2ccc(Br)cc2)c(=O)n(Cc2ccc(Cl)cc2Cl)c1. The molecule has 0 unspecified atom stereocenters. The molecule has 0 aliphatic rings. The number of aliphatic carboxylic acids is 1. The summed E-state index contributed by atoms with van der Waals surface area (Å²) < 4.78 is 2.37. The molecule has 3 aromatic rings. The maximum absolute atomic E-state index is 13.0. The van der Waals surface area contributed by atoms with E-state index in [0.29, 0.717) is 26.7 Å². The zero-order valence-corrected chi connectivity index (χ0v) is 17.1. The lowest BCUT2D eigenvalue weighted by Gasteiger charge is -2.13. The molecule has 0 saturated carbocycles. The molecule has 3 rings (SSSR count). The molecule has 1 N–H and O–H groups in total. The first-order chi connectivity index (χ1) is 12.8. The van der Waals surface area contributed by atoms with E-state index >= 15 is 0 Å². The third-order valence-electron chi connectivity index (χ3n) is 4.01. The summed E-state index contributed by atoms with van der Waals surface area (Å²) >= 11 is 15.5. The van der Waals surface area contributed by atoms with Gasteiger partial charge in [0.15, 0.2) is 0 Å². The summed E-state index contributed by atoms with van der Waals surface area (Å²) in [4.78, 5) is 24.2. The molecular weight excluding hydrogens is 453 g/mol. The van der Waals surface area contributed by atoms with Gasteiger partial charge in [-0.05, 0) is 47.0 Å². The molecule has 0 fully saturated rings. The number of carboxylic acid groups (broad SMARTS) is 1. The van der Waals surface area contributed by atoms with Gasteiger partial charge < -0.3 is 9.67 Å². The minimum Gasteiger partial charge on any atom is -0.481 e. The van der Waals surface area contributed by atoms with Gasteiger partial charge in [0.25, 0.3) is 5.56 Å². The average molecular weight is 467 g/mol. The van der Waals surface area contributed by atoms with Crippen molar-refractivity contribution in [2.75, 3.05) is 0 Å². The maximum atomic E-state index is 13.0. The first-order valence-corrected chi connectivity index (χ1v) is 9.53. The van der Waals surface area contributed by atoms with E-state index in [1.807, 2.05) is 24.3 Å². The van der Waals surface area contributed by atoms with Crippen LogP contribution in [0.15, 0.2) is 64.0 Å². The summed E-state index contributed by atoms with van der Waals surface area (Å²) in [6.07, 6.45) is 1.38. The third-order valence-corrected chi connectivity index (χ3v) is 5.12. The summed E-state index contributed by atoms with van der Waals surface area (Å²) in [5, 5.41) is 10.1. The normalized spacial score (nSPS) is 10.8. The molecule has 2 aromatic carbocycles. The Morgan fingerprint density at radius 2 is 1.78 bits per heavy atom. The number of nitrogens with zero attached hydrogens (tertiary/aromatic N) is 1. The standard InChI is InChI=1S/C20H14BrCl2NO3/c21-15-4-1-13(2-5-15)17-7-12(8-19(25)26)10-24(20(17)27)11-14-3-6-16(22)9-18(14)23/h1-7,9-10H,8,11H2,(H,25,26). The van der Waals surface area contributed by atoms with E-state index in [-0.39, 0.29) is 18.5 Å². The zero-order valence-electron chi connectivity index (χ0n) is 14.0. The van der Waals surface area contributed by atoms with Crippen LogP contribution in [0.1, 0.15) is 11.1 Å². The molecule has 27 heavy (non-hydrogen) atoms. The Hall–Kier alpha value is -2.08. The van der Waals surface area contributed by atoms with Crippen LogP contribution in [0.3, 0.4) is 0 Å². The number of rotatable bonds is 5. The Bertz CT molecular complexity index is 1060. The van der Waals surface area contributed by atoms with E-state index in [2.05, 4.69) is 15.9 Å². The number of carboxylic acids is 1. The van der Waals surface area contributed by atoms with E-state index in [1.165, 1.54) is 4.57 Å². The van der Waals surface area contributed by atoms with Crippen LogP contribution in [0, 0.1) is 0 Å². The molecule has 0 saturated heterocycles. The van der Waals surface area contributed by atoms with Crippen LogP contribution in [-0.4, -0.2) is 15.6 Å². The van der Waals surface area contributed by atoms with Gasteiger partial charge in [-0.25, -0.2) is 0 Å². The van der Waals surface area contributed by atoms with Gasteiger partial charge in [0, 0.05) is 26.3 Å². The highest BCUT2D eigenvalue weighted by Gasteiger charge is 2.13. The molecule has 0 aliphatic carbocycles. The van der Waals surface area contributed by atoms with E-state index < -0.39 is 5.97 Å². The number of benzene rings is 2. The number of pyridine rings is 1. The van der Waals surface area contributed by atoms with Gasteiger partial charge in [0.1, 0.15) is 0 Å². The summed E-state index contributed by atoms with van der Waals surface area (Å²) in [6, 6.07) is 14.0. The second-order valence-corrected chi connectivity index (χ2v) is 7.77. The van der Waals surface area contributed by atoms with Crippen LogP contribution >= 0.6 is 39.1 Å². The van der Waals surface area contributed by atoms with Crippen molar-refractivity contribution in [2.45, 2.75) is 13.0 Å². The molecule has 0 bridgehead atoms. The highest BCUT2D eigenvalue weighted by atomic mass is 79.9. The maximum Gasteiger partial charge on any atom is 0.307 e. The number of aromatic nitrogens is 1. The Morgan fingerprint density at radius 1 is 1.07 bits per heavy atom. The predicted octanol–water partition coefficient (Wildman–Crippen LogP) is 5.26. The third kappa shape index (κ3) is 4.80. The Balaban J connectivity index is 2.11. The second-order valence-electron chi connectivity index (χ2n) is 6.01. The van der Waals surface area contributed by atoms with Crippen molar-refractivity contribution in [3.05, 3.63) is 90.7 Å². The second kappa shape index (κ2) is 8.30. The fraction of sp³-hybridized carbons (Fsp3) is 0.100. The quantitative estimate of drug-likeness (QED) is 0.557. The van der Waals surface area contributed by atoms with E-state index in [0.717, 1.165) is 10.0 Å². The van der Waals surface area contributed by atoms with Gasteiger partial charge in [0.05, 0.1) is 13.0 Å². The van der Waals surface area contributed by atoms with Crippen molar-refractivity contribution in [2.24, 2.45) is 0 Å². The van der Waals surface area contributed by atoms with Gasteiger partial charge in [0.2, 0.25) is 0 Å². The van der Waals surface area contributed by atoms with Crippen LogP contribution in [-0.2, 0) is 17.8 Å². The molecule has 7 heteroatoms. The van der Waals surface area contributed by atoms with E-state index in [9.17, 15) is 9.59 Å². The molecule has 1 heterocycles. The molecule has 0 spiro atoms. The van der Waals surface area contributed by atoms with Crippen molar-refractivity contribution in [1.82, 2.24) is 4.57 Å². The molecule has 4 nitrogen and oxygen atoms in total. The van der Waals surface area contributed by atoms with Gasteiger partial charge in [-0.15, -0.1) is 0 Å². The molecule has 1 aromatic heterocycles. The van der Waals surface area contributed by atoms with Crippen molar-refractivity contribution in [1.29, 1.82) is 0 Å². The lowest BCUT2D eigenvalue weighted by molar-refractivity contribution is -0.136. The molecule has 0 aliphatic heterocycles. The molecule has 0 amide bonds. The molecule has 0 atom stereocenters. The Morgan fingerprint density at radius 3 is 2.41 bits per heavy atom. The Labute approximate surface area is 174 Å². The number of hydrogen-bond donors (Lipinski definition) is 1. The van der Waals surface area contributed by atoms with Crippen LogP contribution in [0.5, 0.6) is 0 Å². The van der Waals surface area contributed by atoms with Crippen molar-refractivity contribution in [3.63, 3.8) is 0 Å². The summed E-state index contributed by atoms with van der Waals surface area (Å²) in [5.41, 5.74) is 2.18. The molecule has 138 valence electrons. The van der Waals surface area contributed by atoms with E-state index in [1.54, 1.807) is 30.5 Å². The first-order valence-electron chi connectivity index (χ1n) is 7.98. The van der Waals surface area contributed by atoms with Crippen molar-refractivity contribution in [3.8, 4) is 11.1 Å². The summed E-state index contributed by atoms with van der Waals surface area (Å²) in [6.45, 7) is 0.214. The van der Waals surface area contributed by atoms with Crippen LogP contribution in [0.4, 0.5) is 0 Å². The number of carbonyl (C=O) groups is 1. The van der Waals surface area contributed by atoms with Crippen LogP contribution in [0.2, 0.25) is 10.0 Å². The predicted molar refractivity (Wildman–Crippen MR) is 111 cm³/mol. The molecule has 0 radical (unpaired) electrons. The van der Waals surface area contributed by atoms with Crippen LogP contribution < -0.4 is 5.56 Å². The fourth-order valence-electron chi connectivity index (χ4n) is 2.76. The van der Waals surface area contributed by atoms with Gasteiger partial charge in [-0.2, -0.15) is 0 Å². The van der Waals surface area contributed by atoms with Crippen molar-refractivity contribution >= 4 is 45.1 Å². The molecular formula is C20H14BrCl2NO3. The monoisotopic (exact) mass is 465 g/mol. The average Bonchev–Trinajstić information content (AvgIpc) is 2.60. The topological polar surface area (TPSA) is 59.3 Å². The zero-order chi connectivity index (χ0) is 19.6. The van der Waals surface area contributed by atoms with E-state index in [4.69, 9.17) is 28.3 Å². The fourth-order valence-corrected chi connectivity index (χ4v) is 3.49. The summed E-state index contributed by atoms with van der Waals surface area (Å²) in [5.74, 6) is -0.966. The van der Waals surface area contributed by atoms with Crippen molar-refractivity contribution < 1.29 is 9.90 Å². The first kappa shape index (κ1) is 19.7. The highest BCUT2D eigenvalue weighted by molar-refractivity contribution is 9.10. The Kier molecular flexibility index (Phi) is 6.05. The van der Waals surface area contributed by atoms with Gasteiger partial charge >= 0.3 is 5.97 Å². The lowest BCUT2D eigenvalue weighted by Crippen LogP contribution is -2.23. The minimum atomic E-state index is -0.966. The number of halogens is 3. The van der Waals surface area contributed by atoms with Gasteiger partial charge in [-0.3, -0.25) is 9.59 Å². The highest BCUT2D eigenvalue weighted by Crippen LogP contribution is 2.23.